The first-order chi connectivity index (χ1) is 5.65. The van der Waals surface area contributed by atoms with Crippen LogP contribution in [0.3, 0.4) is 0 Å². The van der Waals surface area contributed by atoms with Crippen LogP contribution in [0.2, 0.25) is 0 Å². The number of hydrogen-bond acceptors (Lipinski definition) is 1. The molecular weight excluding hydrogens is 336 g/mol. The molecule has 0 fully saturated rings. The topological polar surface area (TPSA) is 0 Å². The van der Waals surface area contributed by atoms with Crippen LogP contribution in [0.1, 0.15) is 13.3 Å². The monoisotopic (exact) mass is 340 g/mol. The second kappa shape index (κ2) is 5.55. The molecule has 0 nitrogen and oxygen atoms in total. The second-order valence-corrected chi connectivity index (χ2v) is 17.6. The molecule has 0 rings (SSSR count). The fourth-order valence-electron chi connectivity index (χ4n) is 0.384. The molecule has 0 radical (unpaired) electrons. The van der Waals surface area contributed by atoms with Gasteiger partial charge in [0.1, 0.15) is 0 Å². The summed E-state index contributed by atoms with van der Waals surface area (Å²) in [7, 11) is 0. The van der Waals surface area contributed by atoms with Gasteiger partial charge in [0.05, 0.1) is 0 Å². The zero-order chi connectivity index (χ0) is 10.7. The Kier molecular flexibility index (Phi) is 6.51. The van der Waals surface area contributed by atoms with Crippen LogP contribution in [0.25, 0.3) is 0 Å². The van der Waals surface area contributed by atoms with E-state index in [4.69, 9.17) is 68.2 Å². The third-order valence-electron chi connectivity index (χ3n) is 0.892. The van der Waals surface area contributed by atoms with E-state index in [9.17, 15) is 0 Å². The summed E-state index contributed by atoms with van der Waals surface area (Å²) in [6.45, 7) is 2.01. The standard InChI is InChI=1S/C5H7Cl6PS/c1-2-3-13-5(7)4(6)12(8,9,10)11/h2-3H2,1H3/b5-4+. The normalized spacial score (nSPS) is 17.6. The molecule has 0 aromatic carbocycles. The molecule has 0 unspecified atom stereocenters. The van der Waals surface area contributed by atoms with E-state index in [1.54, 1.807) is 0 Å². The van der Waals surface area contributed by atoms with Gasteiger partial charge >= 0.3 is 112 Å². The summed E-state index contributed by atoms with van der Waals surface area (Å²) in [6.07, 6.45) is 0.955. The van der Waals surface area contributed by atoms with E-state index in [1.807, 2.05) is 6.92 Å². The molecule has 0 spiro atoms. The van der Waals surface area contributed by atoms with E-state index in [0.29, 0.717) is 0 Å². The SMILES string of the molecule is CCCS/C(Cl)=C(\Cl)P(Cl)(Cl)(Cl)Cl. The van der Waals surface area contributed by atoms with Crippen LogP contribution in [-0.2, 0) is 0 Å². The molecule has 0 aliphatic heterocycles. The van der Waals surface area contributed by atoms with Crippen LogP contribution >= 0.6 is 83.9 Å². The maximum absolute atomic E-state index is 5.79. The van der Waals surface area contributed by atoms with Gasteiger partial charge in [0.2, 0.25) is 0 Å². The Bertz CT molecular complexity index is 210. The summed E-state index contributed by atoms with van der Waals surface area (Å²) < 4.78 is -3.75. The summed E-state index contributed by atoms with van der Waals surface area (Å²) in [6, 6.07) is 0. The van der Waals surface area contributed by atoms with Crippen molar-refractivity contribution in [2.45, 2.75) is 13.3 Å². The number of halogens is 6. The van der Waals surface area contributed by atoms with Crippen LogP contribution in [-0.4, -0.2) is 5.75 Å². The molecule has 0 amide bonds. The molecule has 0 heterocycles. The van der Waals surface area contributed by atoms with Gasteiger partial charge in [0.15, 0.2) is 0 Å². The summed E-state index contributed by atoms with van der Waals surface area (Å²) >= 11 is 35.5. The molecule has 0 N–H and O–H groups in total. The third kappa shape index (κ3) is 6.43. The van der Waals surface area contributed by atoms with Gasteiger partial charge in [-0.1, -0.05) is 0 Å². The Balaban J connectivity index is 4.63. The first-order valence-corrected chi connectivity index (χ1v) is 10.8. The predicted octanol–water partition coefficient (Wildman–Crippen LogP) is 6.90. The van der Waals surface area contributed by atoms with Crippen molar-refractivity contribution in [1.29, 1.82) is 0 Å². The summed E-state index contributed by atoms with van der Waals surface area (Å²) in [5.74, 6) is 0.809. The molecule has 0 aromatic heterocycles. The Morgan fingerprint density at radius 2 is 1.62 bits per heavy atom. The van der Waals surface area contributed by atoms with Crippen LogP contribution in [0.4, 0.5) is 0 Å². The van der Waals surface area contributed by atoms with E-state index in [2.05, 4.69) is 0 Å². The van der Waals surface area contributed by atoms with E-state index >= 15 is 0 Å². The van der Waals surface area contributed by atoms with Gasteiger partial charge < -0.3 is 0 Å². The molecule has 0 atom stereocenters. The summed E-state index contributed by atoms with van der Waals surface area (Å²) in [5, 5.41) is 0. The zero-order valence-electron chi connectivity index (χ0n) is 6.54. The fourth-order valence-corrected chi connectivity index (χ4v) is 4.93. The Morgan fingerprint density at radius 1 is 1.15 bits per heavy atom. The molecule has 0 bridgehead atoms. The number of rotatable bonds is 4. The fraction of sp³-hybridized carbons (Fsp3) is 0.600. The van der Waals surface area contributed by atoms with Gasteiger partial charge in [-0.2, -0.15) is 0 Å². The quantitative estimate of drug-likeness (QED) is 0.500. The first kappa shape index (κ1) is 15.3. The summed E-state index contributed by atoms with van der Waals surface area (Å²) in [5.41, 5.74) is 0. The van der Waals surface area contributed by atoms with Gasteiger partial charge in [-0.15, -0.1) is 0 Å². The zero-order valence-corrected chi connectivity index (χ0v) is 12.8. The second-order valence-electron chi connectivity index (χ2n) is 2.13. The van der Waals surface area contributed by atoms with Crippen molar-refractivity contribution in [1.82, 2.24) is 0 Å². The van der Waals surface area contributed by atoms with Gasteiger partial charge in [-0.25, -0.2) is 0 Å². The van der Waals surface area contributed by atoms with E-state index in [0.717, 1.165) is 12.2 Å². The molecular formula is C5H7Cl6PS. The van der Waals surface area contributed by atoms with Gasteiger partial charge in [-0.05, 0) is 0 Å². The minimum atomic E-state index is -3.95. The molecule has 0 aliphatic carbocycles. The van der Waals surface area contributed by atoms with Crippen molar-refractivity contribution < 1.29 is 0 Å². The van der Waals surface area contributed by atoms with Crippen molar-refractivity contribution in [2.75, 3.05) is 5.75 Å². The molecule has 13 heavy (non-hydrogen) atoms. The molecule has 0 saturated heterocycles. The van der Waals surface area contributed by atoms with E-state index in [-0.39, 0.29) is 9.14 Å². The van der Waals surface area contributed by atoms with Crippen LogP contribution in [0.5, 0.6) is 0 Å². The average Bonchev–Trinajstić information content (AvgIpc) is 1.95. The van der Waals surface area contributed by atoms with Gasteiger partial charge in [-0.3, -0.25) is 0 Å². The Labute approximate surface area is 111 Å². The molecule has 8 heteroatoms. The molecule has 0 aliphatic rings. The van der Waals surface area contributed by atoms with E-state index < -0.39 is 4.01 Å². The molecule has 80 valence electrons. The van der Waals surface area contributed by atoms with E-state index in [1.165, 1.54) is 11.8 Å². The molecule has 0 aromatic rings. The Morgan fingerprint density at radius 3 is 1.92 bits per heavy atom. The van der Waals surface area contributed by atoms with Crippen molar-refractivity contribution >= 4 is 83.9 Å². The summed E-state index contributed by atoms with van der Waals surface area (Å²) in [4.78, 5) is 0. The first-order valence-electron chi connectivity index (χ1n) is 3.23. The number of thioether (sulfide) groups is 1. The van der Waals surface area contributed by atoms with Crippen LogP contribution < -0.4 is 0 Å². The van der Waals surface area contributed by atoms with Crippen molar-refractivity contribution in [3.8, 4) is 0 Å². The Hall–Kier alpha value is 2.26. The number of hydrogen-bond donors (Lipinski definition) is 0. The van der Waals surface area contributed by atoms with Crippen molar-refractivity contribution in [3.05, 3.63) is 9.14 Å². The molecule has 0 saturated carbocycles. The van der Waals surface area contributed by atoms with Crippen LogP contribution in [0, 0.1) is 0 Å². The third-order valence-corrected chi connectivity index (χ3v) is 8.06. The van der Waals surface area contributed by atoms with Crippen LogP contribution in [0.15, 0.2) is 9.14 Å². The van der Waals surface area contributed by atoms with Crippen molar-refractivity contribution in [2.24, 2.45) is 0 Å². The van der Waals surface area contributed by atoms with Crippen molar-refractivity contribution in [3.63, 3.8) is 0 Å². The maximum atomic E-state index is 5.79. The average molecular weight is 343 g/mol. The predicted molar refractivity (Wildman–Crippen MR) is 71.8 cm³/mol. The van der Waals surface area contributed by atoms with Gasteiger partial charge in [0.25, 0.3) is 0 Å². The van der Waals surface area contributed by atoms with Gasteiger partial charge in [0, 0.05) is 0 Å². The minimum absolute atomic E-state index is 0.0576.